The topological polar surface area (TPSA) is 0 Å². The summed E-state index contributed by atoms with van der Waals surface area (Å²) in [5.74, 6) is 0. The average molecular weight is 138 g/mol. The standard InChI is InChI=1S/C8H10S/c1-3-5-6-8(4-2)7-9/h3-7H,2H2,1H3/b5-3-,8-6+. The van der Waals surface area contributed by atoms with Crippen molar-refractivity contribution in [1.29, 1.82) is 0 Å². The number of allylic oxidation sites excluding steroid dienone is 5. The summed E-state index contributed by atoms with van der Waals surface area (Å²) in [7, 11) is 0. The molecule has 0 bridgehead atoms. The van der Waals surface area contributed by atoms with Gasteiger partial charge < -0.3 is 0 Å². The van der Waals surface area contributed by atoms with Gasteiger partial charge in [0.05, 0.1) is 0 Å². The third-order valence-corrected chi connectivity index (χ3v) is 1.13. The normalized spacial score (nSPS) is 11.9. The van der Waals surface area contributed by atoms with Crippen LogP contribution in [-0.4, -0.2) is 5.37 Å². The van der Waals surface area contributed by atoms with E-state index in [9.17, 15) is 0 Å². The van der Waals surface area contributed by atoms with Crippen molar-refractivity contribution in [1.82, 2.24) is 0 Å². The Labute approximate surface area is 61.6 Å². The van der Waals surface area contributed by atoms with Gasteiger partial charge in [0.1, 0.15) is 0 Å². The number of hydrogen-bond donors (Lipinski definition) is 0. The Hall–Kier alpha value is -0.690. The predicted molar refractivity (Wildman–Crippen MR) is 46.7 cm³/mol. The highest BCUT2D eigenvalue weighted by molar-refractivity contribution is 7.79. The van der Waals surface area contributed by atoms with Crippen molar-refractivity contribution in [2.24, 2.45) is 0 Å². The summed E-state index contributed by atoms with van der Waals surface area (Å²) >= 11 is 4.69. The molecular formula is C8H10S. The second-order valence-corrected chi connectivity index (χ2v) is 1.75. The van der Waals surface area contributed by atoms with Gasteiger partial charge in [-0.25, -0.2) is 0 Å². The van der Waals surface area contributed by atoms with E-state index in [1.165, 1.54) is 0 Å². The van der Waals surface area contributed by atoms with Crippen molar-refractivity contribution in [3.05, 3.63) is 36.5 Å². The molecule has 1 heteroatoms. The lowest BCUT2D eigenvalue weighted by Gasteiger charge is -1.83. The van der Waals surface area contributed by atoms with E-state index in [0.29, 0.717) is 0 Å². The van der Waals surface area contributed by atoms with Gasteiger partial charge in [-0.2, -0.15) is 0 Å². The first-order valence-electron chi connectivity index (χ1n) is 2.75. The Morgan fingerprint density at radius 3 is 2.56 bits per heavy atom. The van der Waals surface area contributed by atoms with Crippen LogP contribution in [0, 0.1) is 0 Å². The van der Waals surface area contributed by atoms with Gasteiger partial charge in [0, 0.05) is 5.37 Å². The summed E-state index contributed by atoms with van der Waals surface area (Å²) in [6, 6.07) is 0. The predicted octanol–water partition coefficient (Wildman–Crippen LogP) is 2.67. The molecule has 0 saturated heterocycles. The van der Waals surface area contributed by atoms with E-state index in [0.717, 1.165) is 5.57 Å². The van der Waals surface area contributed by atoms with Crippen LogP contribution < -0.4 is 0 Å². The molecule has 0 unspecified atom stereocenters. The highest BCUT2D eigenvalue weighted by Crippen LogP contribution is 1.91. The van der Waals surface area contributed by atoms with Gasteiger partial charge in [-0.05, 0) is 12.5 Å². The van der Waals surface area contributed by atoms with E-state index < -0.39 is 0 Å². The summed E-state index contributed by atoms with van der Waals surface area (Å²) in [6.07, 6.45) is 7.52. The van der Waals surface area contributed by atoms with Crippen molar-refractivity contribution >= 4 is 17.6 Å². The summed E-state index contributed by atoms with van der Waals surface area (Å²) in [4.78, 5) is 0. The van der Waals surface area contributed by atoms with E-state index >= 15 is 0 Å². The summed E-state index contributed by atoms with van der Waals surface area (Å²) in [5.41, 5.74) is 0.975. The smallest absolute Gasteiger partial charge is 0.00858 e. The minimum absolute atomic E-state index is 0.975. The van der Waals surface area contributed by atoms with Crippen LogP contribution in [0.4, 0.5) is 0 Å². The fourth-order valence-electron chi connectivity index (χ4n) is 0.363. The lowest BCUT2D eigenvalue weighted by atomic mass is 10.3. The first-order valence-corrected chi connectivity index (χ1v) is 3.23. The molecule has 48 valence electrons. The fourth-order valence-corrected chi connectivity index (χ4v) is 0.538. The molecule has 0 saturated carbocycles. The zero-order chi connectivity index (χ0) is 7.11. The number of hydrogen-bond acceptors (Lipinski definition) is 1. The third-order valence-electron chi connectivity index (χ3n) is 0.853. The molecule has 0 fully saturated rings. The van der Waals surface area contributed by atoms with E-state index in [1.807, 2.05) is 25.2 Å². The van der Waals surface area contributed by atoms with Gasteiger partial charge >= 0.3 is 0 Å². The second kappa shape index (κ2) is 5.45. The monoisotopic (exact) mass is 138 g/mol. The molecule has 0 radical (unpaired) electrons. The molecule has 0 nitrogen and oxygen atoms in total. The maximum atomic E-state index is 4.69. The molecule has 0 aliphatic rings. The molecule has 0 atom stereocenters. The molecule has 0 aliphatic carbocycles. The highest BCUT2D eigenvalue weighted by Gasteiger charge is 1.76. The summed E-state index contributed by atoms with van der Waals surface area (Å²) in [5, 5.41) is 1.60. The average Bonchev–Trinajstić information content (AvgIpc) is 1.91. The fraction of sp³-hybridized carbons (Fsp3) is 0.125. The lowest BCUT2D eigenvalue weighted by Crippen LogP contribution is -1.71. The Balaban J connectivity index is 4.06. The highest BCUT2D eigenvalue weighted by atomic mass is 32.1. The molecule has 0 amide bonds. The van der Waals surface area contributed by atoms with E-state index in [-0.39, 0.29) is 0 Å². The van der Waals surface area contributed by atoms with Crippen molar-refractivity contribution in [2.45, 2.75) is 6.92 Å². The van der Waals surface area contributed by atoms with Crippen molar-refractivity contribution < 1.29 is 0 Å². The first kappa shape index (κ1) is 8.31. The Morgan fingerprint density at radius 1 is 1.56 bits per heavy atom. The van der Waals surface area contributed by atoms with Crippen molar-refractivity contribution in [2.75, 3.05) is 0 Å². The minimum Gasteiger partial charge on any atom is -0.0984 e. The van der Waals surface area contributed by atoms with Gasteiger partial charge in [0.15, 0.2) is 0 Å². The number of rotatable bonds is 3. The van der Waals surface area contributed by atoms with Crippen LogP contribution in [0.25, 0.3) is 0 Å². The van der Waals surface area contributed by atoms with E-state index in [2.05, 4.69) is 18.8 Å². The molecule has 0 aliphatic heterocycles. The molecule has 0 N–H and O–H groups in total. The SMILES string of the molecule is C=C/C(C=S)=C\C=C/C. The molecular weight excluding hydrogens is 128 g/mol. The van der Waals surface area contributed by atoms with E-state index in [1.54, 1.807) is 11.4 Å². The zero-order valence-corrected chi connectivity index (χ0v) is 6.32. The van der Waals surface area contributed by atoms with Crippen LogP contribution in [0.15, 0.2) is 36.5 Å². The molecule has 0 heterocycles. The maximum Gasteiger partial charge on any atom is 0.00858 e. The third kappa shape index (κ3) is 3.86. The lowest BCUT2D eigenvalue weighted by molar-refractivity contribution is 1.72. The van der Waals surface area contributed by atoms with Gasteiger partial charge in [0.2, 0.25) is 0 Å². The summed E-state index contributed by atoms with van der Waals surface area (Å²) < 4.78 is 0. The Bertz CT molecular complexity index is 142. The van der Waals surface area contributed by atoms with Gasteiger partial charge in [-0.1, -0.05) is 43.1 Å². The van der Waals surface area contributed by atoms with Crippen LogP contribution in [0.3, 0.4) is 0 Å². The van der Waals surface area contributed by atoms with Crippen LogP contribution >= 0.6 is 12.2 Å². The Morgan fingerprint density at radius 2 is 2.22 bits per heavy atom. The molecule has 0 spiro atoms. The largest absolute Gasteiger partial charge is 0.0984 e. The first-order chi connectivity index (χ1) is 4.35. The second-order valence-electron chi connectivity index (χ2n) is 1.51. The zero-order valence-electron chi connectivity index (χ0n) is 5.50. The Kier molecular flexibility index (Phi) is 5.03. The van der Waals surface area contributed by atoms with E-state index in [4.69, 9.17) is 0 Å². The van der Waals surface area contributed by atoms with Crippen LogP contribution in [0.5, 0.6) is 0 Å². The minimum atomic E-state index is 0.975. The van der Waals surface area contributed by atoms with Crippen molar-refractivity contribution in [3.63, 3.8) is 0 Å². The van der Waals surface area contributed by atoms with Gasteiger partial charge in [-0.15, -0.1) is 0 Å². The molecule has 0 aromatic carbocycles. The maximum absolute atomic E-state index is 4.69. The molecule has 0 rings (SSSR count). The van der Waals surface area contributed by atoms with Crippen LogP contribution in [0.2, 0.25) is 0 Å². The van der Waals surface area contributed by atoms with Gasteiger partial charge in [-0.3, -0.25) is 0 Å². The molecule has 9 heavy (non-hydrogen) atoms. The van der Waals surface area contributed by atoms with Crippen molar-refractivity contribution in [3.8, 4) is 0 Å². The van der Waals surface area contributed by atoms with Gasteiger partial charge in [0.25, 0.3) is 0 Å². The van der Waals surface area contributed by atoms with Crippen LogP contribution in [-0.2, 0) is 0 Å². The van der Waals surface area contributed by atoms with Crippen LogP contribution in [0.1, 0.15) is 6.92 Å². The quantitative estimate of drug-likeness (QED) is 0.328. The number of thiocarbonyl (C=S) groups is 1. The summed E-state index contributed by atoms with van der Waals surface area (Å²) in [6.45, 7) is 5.54. The molecule has 0 aromatic heterocycles. The molecule has 0 aromatic rings.